The van der Waals surface area contributed by atoms with Crippen molar-refractivity contribution in [2.45, 2.75) is 0 Å². The molecule has 0 radical (unpaired) electrons. The second kappa shape index (κ2) is 6.61. The van der Waals surface area contributed by atoms with Gasteiger partial charge in [0.15, 0.2) is 11.6 Å². The van der Waals surface area contributed by atoms with Crippen molar-refractivity contribution in [3.05, 3.63) is 88.2 Å². The molecule has 0 saturated heterocycles. The number of hydrogen-bond donors (Lipinski definition) is 1. The Balaban J connectivity index is 0.000000314. The van der Waals surface area contributed by atoms with Gasteiger partial charge in [0.2, 0.25) is 0 Å². The van der Waals surface area contributed by atoms with Gasteiger partial charge in [-0.3, -0.25) is 14.7 Å². The molecule has 0 fully saturated rings. The molecule has 25 heavy (non-hydrogen) atoms. The van der Waals surface area contributed by atoms with Crippen LogP contribution in [0.3, 0.4) is 0 Å². The van der Waals surface area contributed by atoms with Crippen molar-refractivity contribution in [2.75, 3.05) is 0 Å². The molecule has 6 nitrogen and oxygen atoms in total. The molecule has 0 atom stereocenters. The number of hydrogen-bond acceptors (Lipinski definition) is 5. The summed E-state index contributed by atoms with van der Waals surface area (Å²) in [6, 6.07) is 14.9. The summed E-state index contributed by atoms with van der Waals surface area (Å²) < 4.78 is 0. The number of carbonyl (C=O) groups is 2. The molecule has 1 N–H and O–H groups in total. The summed E-state index contributed by atoms with van der Waals surface area (Å²) in [6.07, 6.45) is 3.46. The Kier molecular flexibility index (Phi) is 4.19. The van der Waals surface area contributed by atoms with Gasteiger partial charge in [-0.25, -0.2) is 0 Å². The Bertz CT molecular complexity index is 1040. The van der Waals surface area contributed by atoms with Crippen LogP contribution in [0, 0.1) is 22.7 Å². The number of benzene rings is 2. The van der Waals surface area contributed by atoms with Crippen molar-refractivity contribution in [3.63, 3.8) is 0 Å². The number of rotatable bonds is 0. The first-order valence-corrected chi connectivity index (χ1v) is 7.28. The first-order valence-electron chi connectivity index (χ1n) is 7.28. The number of ketones is 2. The summed E-state index contributed by atoms with van der Waals surface area (Å²) in [4.78, 5) is 24.9. The lowest BCUT2D eigenvalue weighted by molar-refractivity contribution is 0.0979. The highest BCUT2D eigenvalue weighted by Crippen LogP contribution is 2.30. The minimum atomic E-state index is -0.385. The van der Waals surface area contributed by atoms with Gasteiger partial charge in [-0.2, -0.15) is 15.6 Å². The smallest absolute Gasteiger partial charge is 0.195 e. The molecule has 1 aromatic heterocycles. The van der Waals surface area contributed by atoms with Crippen LogP contribution in [0.4, 0.5) is 0 Å². The maximum atomic E-state index is 12.5. The summed E-state index contributed by atoms with van der Waals surface area (Å²) >= 11 is 0. The average molecular weight is 326 g/mol. The third-order valence-electron chi connectivity index (χ3n) is 3.73. The largest absolute Gasteiger partial charge is 0.289 e. The lowest BCUT2D eigenvalue weighted by Gasteiger charge is -2.18. The molecular formula is C19H10N4O2. The van der Waals surface area contributed by atoms with E-state index in [1.54, 1.807) is 36.7 Å². The van der Waals surface area contributed by atoms with E-state index in [2.05, 4.69) is 10.2 Å². The topological polar surface area (TPSA) is 110 Å². The first kappa shape index (κ1) is 15.9. The minimum absolute atomic E-state index is 0.0298. The molecule has 0 unspecified atom stereocenters. The highest BCUT2D eigenvalue weighted by molar-refractivity contribution is 6.29. The fraction of sp³-hybridized carbons (Fsp3) is 0. The second-order valence-electron chi connectivity index (χ2n) is 5.10. The zero-order valence-electron chi connectivity index (χ0n) is 12.9. The lowest BCUT2D eigenvalue weighted by Crippen LogP contribution is -2.22. The summed E-state index contributed by atoms with van der Waals surface area (Å²) in [5.41, 5.74) is 0.902. The number of nitrogens with zero attached hydrogens (tertiary/aromatic N) is 3. The molecule has 3 aromatic rings. The van der Waals surface area contributed by atoms with E-state index in [1.807, 2.05) is 18.2 Å². The van der Waals surface area contributed by atoms with Crippen molar-refractivity contribution in [2.24, 2.45) is 0 Å². The standard InChI is InChI=1S/C16H6N2O2.C3H4N2/c17-7-9-5-6-12-14(13(9)8-18)16(20)11-4-2-1-3-10(11)15(12)19;1-2-4-5-3-1/h1-6H;1-3H,(H,4,5). The molecule has 6 heteroatoms. The van der Waals surface area contributed by atoms with Crippen molar-refractivity contribution in [3.8, 4) is 12.1 Å². The predicted octanol–water partition coefficient (Wildman–Crippen LogP) is 2.62. The molecule has 2 aromatic carbocycles. The van der Waals surface area contributed by atoms with E-state index < -0.39 is 0 Å². The Morgan fingerprint density at radius 1 is 0.840 bits per heavy atom. The number of nitriles is 2. The van der Waals surface area contributed by atoms with Crippen LogP contribution in [0.25, 0.3) is 0 Å². The molecule has 118 valence electrons. The molecule has 1 aliphatic carbocycles. The number of nitrogens with one attached hydrogen (secondary N) is 1. The SMILES string of the molecule is N#Cc1ccc2c(c1C#N)C(=O)c1ccccc1C2=O.c1cn[nH]c1. The van der Waals surface area contributed by atoms with Crippen molar-refractivity contribution >= 4 is 11.6 Å². The summed E-state index contributed by atoms with van der Waals surface area (Å²) in [5.74, 6) is -0.681. The predicted molar refractivity (Wildman–Crippen MR) is 87.8 cm³/mol. The molecular weight excluding hydrogens is 316 g/mol. The molecule has 0 saturated carbocycles. The third kappa shape index (κ3) is 2.69. The van der Waals surface area contributed by atoms with Gasteiger partial charge in [0.05, 0.1) is 16.7 Å². The fourth-order valence-corrected chi connectivity index (χ4v) is 2.61. The molecule has 1 aliphatic rings. The van der Waals surface area contributed by atoms with Crippen molar-refractivity contribution < 1.29 is 9.59 Å². The van der Waals surface area contributed by atoms with Crippen LogP contribution in [0.1, 0.15) is 43.0 Å². The maximum Gasteiger partial charge on any atom is 0.195 e. The molecule has 0 aliphatic heterocycles. The van der Waals surface area contributed by atoms with Crippen LogP contribution < -0.4 is 0 Å². The van der Waals surface area contributed by atoms with Gasteiger partial charge >= 0.3 is 0 Å². The first-order chi connectivity index (χ1) is 12.2. The Labute approximate surface area is 143 Å². The zero-order valence-corrected chi connectivity index (χ0v) is 12.9. The Hall–Kier alpha value is -4.03. The average Bonchev–Trinajstić information content (AvgIpc) is 3.25. The Morgan fingerprint density at radius 2 is 1.56 bits per heavy atom. The third-order valence-corrected chi connectivity index (χ3v) is 3.73. The maximum absolute atomic E-state index is 12.5. The van der Waals surface area contributed by atoms with E-state index in [-0.39, 0.29) is 39.4 Å². The molecule has 0 amide bonds. The van der Waals surface area contributed by atoms with Crippen LogP contribution in [0.2, 0.25) is 0 Å². The van der Waals surface area contributed by atoms with Gasteiger partial charge in [-0.1, -0.05) is 24.3 Å². The van der Waals surface area contributed by atoms with Crippen molar-refractivity contribution in [1.29, 1.82) is 10.5 Å². The van der Waals surface area contributed by atoms with Crippen LogP contribution >= 0.6 is 0 Å². The highest BCUT2D eigenvalue weighted by Gasteiger charge is 2.32. The Morgan fingerprint density at radius 3 is 2.08 bits per heavy atom. The van der Waals surface area contributed by atoms with Gasteiger partial charge in [0.1, 0.15) is 12.1 Å². The van der Waals surface area contributed by atoms with Crippen LogP contribution in [-0.4, -0.2) is 21.8 Å². The van der Waals surface area contributed by atoms with Gasteiger partial charge in [-0.05, 0) is 18.2 Å². The van der Waals surface area contributed by atoms with E-state index >= 15 is 0 Å². The van der Waals surface area contributed by atoms with Crippen LogP contribution in [0.15, 0.2) is 54.9 Å². The van der Waals surface area contributed by atoms with Crippen molar-refractivity contribution in [1.82, 2.24) is 10.2 Å². The lowest BCUT2D eigenvalue weighted by atomic mass is 9.81. The number of carbonyl (C=O) groups excluding carboxylic acids is 2. The molecule has 1 heterocycles. The number of aromatic amines is 1. The molecule has 4 rings (SSSR count). The number of aromatic nitrogens is 2. The summed E-state index contributed by atoms with van der Waals surface area (Å²) in [6.45, 7) is 0. The van der Waals surface area contributed by atoms with Crippen LogP contribution in [-0.2, 0) is 0 Å². The normalized spacial score (nSPS) is 11.3. The van der Waals surface area contributed by atoms with E-state index in [1.165, 1.54) is 12.1 Å². The van der Waals surface area contributed by atoms with Gasteiger partial charge in [-0.15, -0.1) is 0 Å². The monoisotopic (exact) mass is 326 g/mol. The van der Waals surface area contributed by atoms with Crippen LogP contribution in [0.5, 0.6) is 0 Å². The second-order valence-corrected chi connectivity index (χ2v) is 5.10. The van der Waals surface area contributed by atoms with Gasteiger partial charge in [0, 0.05) is 29.1 Å². The minimum Gasteiger partial charge on any atom is -0.289 e. The zero-order chi connectivity index (χ0) is 17.8. The summed E-state index contributed by atoms with van der Waals surface area (Å²) in [5, 5.41) is 24.4. The number of H-pyrrole nitrogens is 1. The van der Waals surface area contributed by atoms with E-state index in [0.717, 1.165) is 0 Å². The fourth-order valence-electron chi connectivity index (χ4n) is 2.61. The molecule has 0 bridgehead atoms. The van der Waals surface area contributed by atoms with E-state index in [4.69, 9.17) is 5.26 Å². The summed E-state index contributed by atoms with van der Waals surface area (Å²) in [7, 11) is 0. The van der Waals surface area contributed by atoms with Gasteiger partial charge in [0.25, 0.3) is 0 Å². The van der Waals surface area contributed by atoms with E-state index in [0.29, 0.717) is 5.56 Å². The quantitative estimate of drug-likeness (QED) is 0.534. The van der Waals surface area contributed by atoms with E-state index in [9.17, 15) is 14.9 Å². The number of fused-ring (bicyclic) bond motifs is 2. The van der Waals surface area contributed by atoms with Gasteiger partial charge < -0.3 is 0 Å². The highest BCUT2D eigenvalue weighted by atomic mass is 16.1. The molecule has 0 spiro atoms.